The van der Waals surface area contributed by atoms with E-state index in [1.807, 2.05) is 0 Å². The van der Waals surface area contributed by atoms with Gasteiger partial charge in [-0.3, -0.25) is 10.2 Å². The molecule has 2 rings (SSSR count). The number of carbonyl (C=O) groups is 1. The van der Waals surface area contributed by atoms with E-state index in [1.165, 1.54) is 0 Å². The van der Waals surface area contributed by atoms with Crippen LogP contribution in [0.5, 0.6) is 0 Å². The van der Waals surface area contributed by atoms with E-state index in [0.717, 1.165) is 0 Å². The Bertz CT molecular complexity index is 736. The Kier molecular flexibility index (Phi) is 4.94. The molecule has 2 aromatic rings. The molecule has 0 aliphatic rings. The minimum atomic E-state index is -0.469. The lowest BCUT2D eigenvalue weighted by Crippen LogP contribution is -2.14. The molecule has 0 aliphatic heterocycles. The van der Waals surface area contributed by atoms with E-state index < -0.39 is 5.78 Å². The van der Waals surface area contributed by atoms with Crippen molar-refractivity contribution in [2.45, 2.75) is 0 Å². The molecule has 21 heavy (non-hydrogen) atoms. The predicted octanol–water partition coefficient (Wildman–Crippen LogP) is 4.17. The Morgan fingerprint density at radius 1 is 1.10 bits per heavy atom. The van der Waals surface area contributed by atoms with Crippen LogP contribution in [0.25, 0.3) is 0 Å². The number of Topliss-reactive ketones (excluding diaryl/α,β-unsaturated/α-hetero) is 1. The highest BCUT2D eigenvalue weighted by Crippen LogP contribution is 2.29. The monoisotopic (exact) mass is 317 g/mol. The van der Waals surface area contributed by atoms with E-state index in [1.54, 1.807) is 54.6 Å². The molecule has 0 fully saturated rings. The van der Waals surface area contributed by atoms with Crippen molar-refractivity contribution in [3.8, 4) is 6.07 Å². The van der Waals surface area contributed by atoms with Gasteiger partial charge in [0.2, 0.25) is 11.5 Å². The van der Waals surface area contributed by atoms with Crippen LogP contribution in [0.15, 0.2) is 53.6 Å². The maximum Gasteiger partial charge on any atom is 0.223 e. The molecule has 0 radical (unpaired) electrons. The van der Waals surface area contributed by atoms with Crippen molar-refractivity contribution in [1.82, 2.24) is 0 Å². The van der Waals surface area contributed by atoms with Crippen molar-refractivity contribution in [1.29, 1.82) is 5.26 Å². The summed E-state index contributed by atoms with van der Waals surface area (Å²) in [6.07, 6.45) is 0. The number of nitrogens with zero attached hydrogens (tertiary/aromatic N) is 2. The van der Waals surface area contributed by atoms with Crippen LogP contribution >= 0.6 is 23.2 Å². The van der Waals surface area contributed by atoms with Crippen molar-refractivity contribution in [3.63, 3.8) is 0 Å². The third-order valence-corrected chi connectivity index (χ3v) is 3.42. The highest BCUT2D eigenvalue weighted by molar-refractivity contribution is 6.51. The van der Waals surface area contributed by atoms with Gasteiger partial charge in [0.1, 0.15) is 6.07 Å². The number of benzene rings is 2. The molecule has 104 valence electrons. The fourth-order valence-electron chi connectivity index (χ4n) is 1.56. The van der Waals surface area contributed by atoms with Gasteiger partial charge in [0, 0.05) is 5.56 Å². The van der Waals surface area contributed by atoms with Crippen LogP contribution in [0.3, 0.4) is 0 Å². The number of nitriles is 1. The smallest absolute Gasteiger partial charge is 0.223 e. The summed E-state index contributed by atoms with van der Waals surface area (Å²) in [4.78, 5) is 12.1. The lowest BCUT2D eigenvalue weighted by atomic mass is 10.1. The third kappa shape index (κ3) is 3.60. The number of carbonyl (C=O) groups excluding carboxylic acids is 1. The first kappa shape index (κ1) is 15.0. The zero-order valence-corrected chi connectivity index (χ0v) is 12.2. The Balaban J connectivity index is 2.24. The van der Waals surface area contributed by atoms with Gasteiger partial charge in [-0.15, -0.1) is 0 Å². The number of hydrogen-bond donors (Lipinski definition) is 1. The quantitative estimate of drug-likeness (QED) is 0.523. The van der Waals surface area contributed by atoms with E-state index >= 15 is 0 Å². The lowest BCUT2D eigenvalue weighted by molar-refractivity contribution is 0.106. The van der Waals surface area contributed by atoms with Crippen molar-refractivity contribution < 1.29 is 4.79 Å². The highest BCUT2D eigenvalue weighted by atomic mass is 35.5. The van der Waals surface area contributed by atoms with Crippen LogP contribution in [0.1, 0.15) is 10.4 Å². The maximum absolute atomic E-state index is 12.1. The first-order chi connectivity index (χ1) is 10.1. The fraction of sp³-hybridized carbons (Fsp3) is 0. The molecule has 2 aromatic carbocycles. The zero-order valence-electron chi connectivity index (χ0n) is 10.7. The Labute approximate surface area is 131 Å². The minimum Gasteiger partial charge on any atom is -0.286 e. The summed E-state index contributed by atoms with van der Waals surface area (Å²) in [5, 5.41) is 13.5. The molecule has 0 aromatic heterocycles. The summed E-state index contributed by atoms with van der Waals surface area (Å²) in [7, 11) is 0. The summed E-state index contributed by atoms with van der Waals surface area (Å²) in [5.74, 6) is -0.469. The first-order valence-electron chi connectivity index (χ1n) is 5.91. The molecule has 0 saturated heterocycles. The molecule has 0 bridgehead atoms. The average molecular weight is 318 g/mol. The molecule has 6 heteroatoms. The topological polar surface area (TPSA) is 65.2 Å². The predicted molar refractivity (Wildman–Crippen MR) is 83.9 cm³/mol. The van der Waals surface area contributed by atoms with Gasteiger partial charge in [0.15, 0.2) is 0 Å². The van der Waals surface area contributed by atoms with Crippen LogP contribution < -0.4 is 5.43 Å². The van der Waals surface area contributed by atoms with Crippen molar-refractivity contribution in [3.05, 3.63) is 64.1 Å². The van der Waals surface area contributed by atoms with Crippen LogP contribution in [0.4, 0.5) is 5.69 Å². The normalized spacial score (nSPS) is 10.8. The second-order valence-corrected chi connectivity index (χ2v) is 4.77. The lowest BCUT2D eigenvalue weighted by Gasteiger charge is -2.05. The van der Waals surface area contributed by atoms with Gasteiger partial charge in [-0.25, -0.2) is 0 Å². The number of nitrogens with one attached hydrogen (secondary N) is 1. The summed E-state index contributed by atoms with van der Waals surface area (Å²) >= 11 is 11.9. The van der Waals surface area contributed by atoms with Crippen molar-refractivity contribution in [2.75, 3.05) is 5.43 Å². The molecule has 0 spiro atoms. The Hall–Kier alpha value is -2.35. The molecule has 0 heterocycles. The molecule has 0 amide bonds. The second-order valence-electron chi connectivity index (χ2n) is 3.98. The number of rotatable bonds is 4. The molecule has 0 saturated carbocycles. The van der Waals surface area contributed by atoms with E-state index in [4.69, 9.17) is 28.5 Å². The summed E-state index contributed by atoms with van der Waals surface area (Å²) in [6.45, 7) is 0. The average Bonchev–Trinajstić information content (AvgIpc) is 2.52. The van der Waals surface area contributed by atoms with E-state index in [2.05, 4.69) is 10.5 Å². The summed E-state index contributed by atoms with van der Waals surface area (Å²) in [6, 6.07) is 15.1. The van der Waals surface area contributed by atoms with E-state index in [-0.39, 0.29) is 10.7 Å². The van der Waals surface area contributed by atoms with Crippen molar-refractivity contribution in [2.24, 2.45) is 5.10 Å². The number of hydrogen-bond acceptors (Lipinski definition) is 4. The first-order valence-corrected chi connectivity index (χ1v) is 6.66. The number of halogens is 2. The molecule has 0 unspecified atom stereocenters. The van der Waals surface area contributed by atoms with Gasteiger partial charge in [-0.05, 0) is 12.1 Å². The van der Waals surface area contributed by atoms with Gasteiger partial charge < -0.3 is 0 Å². The van der Waals surface area contributed by atoms with Crippen molar-refractivity contribution >= 4 is 40.4 Å². The molecular weight excluding hydrogens is 309 g/mol. The minimum absolute atomic E-state index is 0.266. The summed E-state index contributed by atoms with van der Waals surface area (Å²) in [5.41, 5.74) is 3.12. The van der Waals surface area contributed by atoms with Crippen LogP contribution in [0, 0.1) is 11.3 Å². The number of ketones is 1. The highest BCUT2D eigenvalue weighted by Gasteiger charge is 2.13. The van der Waals surface area contributed by atoms with Gasteiger partial charge in [-0.2, -0.15) is 10.4 Å². The standard InChI is InChI=1S/C15H9Cl2N3O/c16-11-7-4-8-12(14(11)17)19-20-13(9-18)15(21)10-5-2-1-3-6-10/h1-8,19H/b20-13+. The SMILES string of the molecule is N#C/C(=N\Nc1cccc(Cl)c1Cl)C(=O)c1ccccc1. The Morgan fingerprint density at radius 2 is 1.81 bits per heavy atom. The summed E-state index contributed by atoms with van der Waals surface area (Å²) < 4.78 is 0. The number of hydrazone groups is 1. The molecule has 1 N–H and O–H groups in total. The van der Waals surface area contributed by atoms with Crippen LogP contribution in [-0.4, -0.2) is 11.5 Å². The van der Waals surface area contributed by atoms with Crippen LogP contribution in [0.2, 0.25) is 10.0 Å². The second kappa shape index (κ2) is 6.89. The Morgan fingerprint density at radius 3 is 2.48 bits per heavy atom. The largest absolute Gasteiger partial charge is 0.286 e. The van der Waals surface area contributed by atoms with E-state index in [9.17, 15) is 4.79 Å². The van der Waals surface area contributed by atoms with Gasteiger partial charge in [-0.1, -0.05) is 59.6 Å². The van der Waals surface area contributed by atoms with Gasteiger partial charge in [0.25, 0.3) is 0 Å². The van der Waals surface area contributed by atoms with Gasteiger partial charge in [0.05, 0.1) is 15.7 Å². The molecular formula is C15H9Cl2N3O. The third-order valence-electron chi connectivity index (χ3n) is 2.60. The fourth-order valence-corrected chi connectivity index (χ4v) is 1.90. The molecule has 0 aliphatic carbocycles. The molecule has 0 atom stereocenters. The maximum atomic E-state index is 12.1. The van der Waals surface area contributed by atoms with Gasteiger partial charge >= 0.3 is 0 Å². The zero-order chi connectivity index (χ0) is 15.2. The number of anilines is 1. The van der Waals surface area contributed by atoms with Crippen LogP contribution in [-0.2, 0) is 0 Å². The molecule has 4 nitrogen and oxygen atoms in total. The van der Waals surface area contributed by atoms with E-state index in [0.29, 0.717) is 16.3 Å².